The quantitative estimate of drug-likeness (QED) is 0.666. The number of halogens is 4. The molecule has 4 nitrogen and oxygen atoms in total. The lowest BCUT2D eigenvalue weighted by Gasteiger charge is -2.10. The van der Waals surface area contributed by atoms with E-state index in [9.17, 15) is 22.4 Å². The van der Waals surface area contributed by atoms with E-state index in [4.69, 9.17) is 0 Å². The van der Waals surface area contributed by atoms with Crippen molar-refractivity contribution in [3.8, 4) is 11.1 Å². The predicted molar refractivity (Wildman–Crippen MR) is 92.7 cm³/mol. The van der Waals surface area contributed by atoms with Gasteiger partial charge in [-0.1, -0.05) is 18.2 Å². The highest BCUT2D eigenvalue weighted by Gasteiger charge is 2.37. The molecule has 27 heavy (non-hydrogen) atoms. The average molecular weight is 377 g/mol. The van der Waals surface area contributed by atoms with Gasteiger partial charge in [0.2, 0.25) is 0 Å². The zero-order valence-corrected chi connectivity index (χ0v) is 14.4. The second kappa shape index (κ2) is 6.86. The van der Waals surface area contributed by atoms with Crippen LogP contribution in [-0.2, 0) is 13.2 Å². The molecule has 0 aliphatic carbocycles. The van der Waals surface area contributed by atoms with Gasteiger partial charge in [0.1, 0.15) is 5.82 Å². The van der Waals surface area contributed by atoms with Crippen LogP contribution in [0.15, 0.2) is 48.7 Å². The maximum absolute atomic E-state index is 14.5. The molecule has 2 aromatic carbocycles. The van der Waals surface area contributed by atoms with Crippen molar-refractivity contribution in [3.05, 3.63) is 71.3 Å². The number of carbonyl (C=O) groups is 1. The number of nitrogens with one attached hydrogen (secondary N) is 1. The molecule has 0 unspecified atom stereocenters. The Morgan fingerprint density at radius 2 is 1.81 bits per heavy atom. The summed E-state index contributed by atoms with van der Waals surface area (Å²) in [5.41, 5.74) is -0.461. The first-order valence-electron chi connectivity index (χ1n) is 7.94. The number of hydrogen-bond donors (Lipinski definition) is 1. The van der Waals surface area contributed by atoms with E-state index in [1.165, 1.54) is 19.2 Å². The maximum Gasteiger partial charge on any atom is 0.435 e. The van der Waals surface area contributed by atoms with Crippen LogP contribution in [0.1, 0.15) is 21.6 Å². The van der Waals surface area contributed by atoms with Crippen LogP contribution in [0, 0.1) is 12.7 Å². The number of rotatable bonds is 3. The van der Waals surface area contributed by atoms with Crippen molar-refractivity contribution < 1.29 is 22.4 Å². The van der Waals surface area contributed by atoms with E-state index < -0.39 is 23.6 Å². The number of anilines is 1. The number of alkyl halides is 3. The zero-order chi connectivity index (χ0) is 19.8. The number of aromatic nitrogens is 2. The van der Waals surface area contributed by atoms with Crippen LogP contribution in [-0.4, -0.2) is 15.7 Å². The minimum atomic E-state index is -4.71. The summed E-state index contributed by atoms with van der Waals surface area (Å²) in [5, 5.41) is 5.92. The fraction of sp³-hybridized carbons (Fsp3) is 0.158. The van der Waals surface area contributed by atoms with Crippen LogP contribution in [0.2, 0.25) is 0 Å². The second-order valence-corrected chi connectivity index (χ2v) is 6.03. The van der Waals surface area contributed by atoms with Gasteiger partial charge in [-0.2, -0.15) is 18.3 Å². The molecule has 1 aromatic heterocycles. The Morgan fingerprint density at radius 3 is 2.44 bits per heavy atom. The van der Waals surface area contributed by atoms with Gasteiger partial charge in [0.25, 0.3) is 5.91 Å². The number of benzene rings is 2. The van der Waals surface area contributed by atoms with Crippen molar-refractivity contribution in [1.29, 1.82) is 0 Å². The summed E-state index contributed by atoms with van der Waals surface area (Å²) >= 11 is 0. The second-order valence-electron chi connectivity index (χ2n) is 6.03. The summed E-state index contributed by atoms with van der Waals surface area (Å²) in [4.78, 5) is 12.3. The lowest BCUT2D eigenvalue weighted by atomic mass is 10.0. The molecule has 0 spiro atoms. The van der Waals surface area contributed by atoms with Crippen molar-refractivity contribution in [3.63, 3.8) is 0 Å². The summed E-state index contributed by atoms with van der Waals surface area (Å²) in [7, 11) is 1.33. The van der Waals surface area contributed by atoms with Gasteiger partial charge in [-0.15, -0.1) is 0 Å². The highest BCUT2D eigenvalue weighted by molar-refractivity contribution is 6.05. The third-order valence-corrected chi connectivity index (χ3v) is 4.00. The molecule has 3 rings (SSSR count). The molecule has 0 saturated carbocycles. The van der Waals surface area contributed by atoms with Gasteiger partial charge in [-0.3, -0.25) is 9.48 Å². The van der Waals surface area contributed by atoms with Crippen molar-refractivity contribution >= 4 is 11.6 Å². The normalized spacial score (nSPS) is 11.5. The van der Waals surface area contributed by atoms with E-state index in [0.29, 0.717) is 5.56 Å². The molecule has 0 atom stereocenters. The van der Waals surface area contributed by atoms with Crippen LogP contribution in [0.25, 0.3) is 11.1 Å². The SMILES string of the molecule is Cc1ccccc1C(=O)Nc1ccc(-c2cn(C)nc2C(F)(F)F)c(F)c1. The highest BCUT2D eigenvalue weighted by Crippen LogP contribution is 2.37. The number of amides is 1. The number of nitrogens with zero attached hydrogens (tertiary/aromatic N) is 2. The van der Waals surface area contributed by atoms with Crippen molar-refractivity contribution in [2.75, 3.05) is 5.32 Å². The summed E-state index contributed by atoms with van der Waals surface area (Å²) in [5.74, 6) is -1.33. The van der Waals surface area contributed by atoms with Crippen molar-refractivity contribution in [2.24, 2.45) is 7.05 Å². The van der Waals surface area contributed by atoms with Gasteiger partial charge in [0.15, 0.2) is 5.69 Å². The molecular formula is C19H15F4N3O. The smallest absolute Gasteiger partial charge is 0.322 e. The van der Waals surface area contributed by atoms with Crippen molar-refractivity contribution in [1.82, 2.24) is 9.78 Å². The van der Waals surface area contributed by atoms with Crippen LogP contribution in [0.5, 0.6) is 0 Å². The van der Waals surface area contributed by atoms with Gasteiger partial charge in [-0.05, 0) is 36.8 Å². The van der Waals surface area contributed by atoms with Gasteiger partial charge in [0.05, 0.1) is 0 Å². The summed E-state index contributed by atoms with van der Waals surface area (Å²) in [6, 6.07) is 10.4. The lowest BCUT2D eigenvalue weighted by Crippen LogP contribution is -2.13. The van der Waals surface area contributed by atoms with E-state index in [-0.39, 0.29) is 16.8 Å². The number of aryl methyl sites for hydroxylation is 2. The molecule has 0 saturated heterocycles. The lowest BCUT2D eigenvalue weighted by molar-refractivity contribution is -0.141. The minimum Gasteiger partial charge on any atom is -0.322 e. The van der Waals surface area contributed by atoms with Crippen molar-refractivity contribution in [2.45, 2.75) is 13.1 Å². The molecule has 0 fully saturated rings. The molecule has 1 heterocycles. The van der Waals surface area contributed by atoms with Gasteiger partial charge < -0.3 is 5.32 Å². The Morgan fingerprint density at radius 1 is 1.11 bits per heavy atom. The first-order chi connectivity index (χ1) is 12.7. The maximum atomic E-state index is 14.5. The molecule has 140 valence electrons. The summed E-state index contributed by atoms with van der Waals surface area (Å²) in [6.07, 6.45) is -3.60. The number of carbonyl (C=O) groups excluding carboxylic acids is 1. The Labute approximate surface area is 152 Å². The largest absolute Gasteiger partial charge is 0.435 e. The predicted octanol–water partition coefficient (Wildman–Crippen LogP) is 4.81. The van der Waals surface area contributed by atoms with E-state index in [0.717, 1.165) is 22.5 Å². The Kier molecular flexibility index (Phi) is 4.73. The fourth-order valence-corrected chi connectivity index (χ4v) is 2.73. The molecule has 0 aliphatic rings. The Hall–Kier alpha value is -3.16. The van der Waals surface area contributed by atoms with Gasteiger partial charge >= 0.3 is 6.18 Å². The van der Waals surface area contributed by atoms with Crippen LogP contribution < -0.4 is 5.32 Å². The van der Waals surface area contributed by atoms with Crippen LogP contribution >= 0.6 is 0 Å². The summed E-state index contributed by atoms with van der Waals surface area (Å²) in [6.45, 7) is 1.76. The fourth-order valence-electron chi connectivity index (χ4n) is 2.73. The molecule has 3 aromatic rings. The standard InChI is InChI=1S/C19H15F4N3O/c1-11-5-3-4-6-13(11)18(27)24-12-7-8-14(16(20)9-12)15-10-26(2)25-17(15)19(21,22)23/h3-10H,1-2H3,(H,24,27). The molecule has 0 bridgehead atoms. The zero-order valence-electron chi connectivity index (χ0n) is 14.4. The molecule has 1 N–H and O–H groups in total. The molecule has 8 heteroatoms. The highest BCUT2D eigenvalue weighted by atomic mass is 19.4. The third-order valence-electron chi connectivity index (χ3n) is 4.00. The van der Waals surface area contributed by atoms with E-state index in [1.54, 1.807) is 31.2 Å². The molecule has 0 aliphatic heterocycles. The van der Waals surface area contributed by atoms with Gasteiger partial charge in [0, 0.05) is 35.6 Å². The minimum absolute atomic E-state index is 0.141. The topological polar surface area (TPSA) is 46.9 Å². The molecule has 1 amide bonds. The molecule has 0 radical (unpaired) electrons. The first-order valence-corrected chi connectivity index (χ1v) is 7.94. The Balaban J connectivity index is 1.92. The van der Waals surface area contributed by atoms with Crippen LogP contribution in [0.3, 0.4) is 0 Å². The van der Waals surface area contributed by atoms with Gasteiger partial charge in [-0.25, -0.2) is 4.39 Å². The van der Waals surface area contributed by atoms with E-state index >= 15 is 0 Å². The van der Waals surface area contributed by atoms with E-state index in [1.807, 2.05) is 0 Å². The van der Waals surface area contributed by atoms with E-state index in [2.05, 4.69) is 10.4 Å². The molecular weight excluding hydrogens is 362 g/mol. The summed E-state index contributed by atoms with van der Waals surface area (Å²) < 4.78 is 54.8. The van der Waals surface area contributed by atoms with Crippen LogP contribution in [0.4, 0.5) is 23.2 Å². The Bertz CT molecular complexity index is 1010. The first kappa shape index (κ1) is 18.6. The monoisotopic (exact) mass is 377 g/mol. The third kappa shape index (κ3) is 3.84. The number of hydrogen-bond acceptors (Lipinski definition) is 2. The average Bonchev–Trinajstić information content (AvgIpc) is 2.97.